The van der Waals surface area contributed by atoms with Gasteiger partial charge in [-0.1, -0.05) is 41.6 Å². The van der Waals surface area contributed by atoms with Crippen molar-refractivity contribution >= 4 is 29.1 Å². The number of thiazole rings is 1. The molecule has 1 heterocycles. The fourth-order valence-corrected chi connectivity index (χ4v) is 3.69. The van der Waals surface area contributed by atoms with E-state index in [0.717, 1.165) is 35.6 Å². The molecule has 1 aromatic heterocycles. The van der Waals surface area contributed by atoms with E-state index in [0.29, 0.717) is 6.54 Å². The molecule has 1 aromatic carbocycles. The van der Waals surface area contributed by atoms with Crippen LogP contribution in [0.2, 0.25) is 0 Å². The van der Waals surface area contributed by atoms with Gasteiger partial charge in [-0.05, 0) is 25.8 Å². The molecule has 2 N–H and O–H groups in total. The molecule has 0 radical (unpaired) electrons. The molecule has 0 aliphatic heterocycles. The fourth-order valence-electron chi connectivity index (χ4n) is 2.04. The number of thioether (sulfide) groups is 1. The number of benzene rings is 1. The highest BCUT2D eigenvalue weighted by Gasteiger charge is 1.99. The molecule has 0 fully saturated rings. The molecule has 0 bridgehead atoms. The SMILES string of the molecule is CCNC(=NCc1cccc(C)c1)NCCCSc1nccs1. The molecule has 6 heteroatoms. The van der Waals surface area contributed by atoms with E-state index in [1.165, 1.54) is 11.1 Å². The minimum atomic E-state index is 0.699. The lowest BCUT2D eigenvalue weighted by molar-refractivity contribution is 0.789. The molecule has 0 aliphatic carbocycles. The van der Waals surface area contributed by atoms with Gasteiger partial charge in [0.25, 0.3) is 0 Å². The van der Waals surface area contributed by atoms with Gasteiger partial charge in [-0.3, -0.25) is 0 Å². The monoisotopic (exact) mass is 348 g/mol. The molecule has 2 aromatic rings. The molecule has 0 atom stereocenters. The van der Waals surface area contributed by atoms with Crippen LogP contribution in [0.25, 0.3) is 0 Å². The third kappa shape index (κ3) is 7.05. The van der Waals surface area contributed by atoms with Crippen LogP contribution in [0, 0.1) is 6.92 Å². The van der Waals surface area contributed by atoms with E-state index < -0.39 is 0 Å². The van der Waals surface area contributed by atoms with E-state index >= 15 is 0 Å². The van der Waals surface area contributed by atoms with Crippen LogP contribution in [0.1, 0.15) is 24.5 Å². The topological polar surface area (TPSA) is 49.3 Å². The number of nitrogens with zero attached hydrogens (tertiary/aromatic N) is 2. The summed E-state index contributed by atoms with van der Waals surface area (Å²) in [4.78, 5) is 8.92. The Morgan fingerprint density at radius 1 is 1.35 bits per heavy atom. The number of guanidine groups is 1. The Morgan fingerprint density at radius 2 is 2.26 bits per heavy atom. The largest absolute Gasteiger partial charge is 0.357 e. The van der Waals surface area contributed by atoms with E-state index in [-0.39, 0.29) is 0 Å². The maximum Gasteiger partial charge on any atom is 0.191 e. The number of aliphatic imine (C=N–C) groups is 1. The number of hydrogen-bond acceptors (Lipinski definition) is 4. The van der Waals surface area contributed by atoms with Crippen LogP contribution in [0.4, 0.5) is 0 Å². The Hall–Kier alpha value is -1.53. The van der Waals surface area contributed by atoms with Crippen LogP contribution in [-0.4, -0.2) is 29.8 Å². The van der Waals surface area contributed by atoms with Gasteiger partial charge in [-0.25, -0.2) is 9.98 Å². The van der Waals surface area contributed by atoms with Crippen molar-refractivity contribution in [3.05, 3.63) is 47.0 Å². The Bertz CT molecular complexity index is 596. The Balaban J connectivity index is 1.73. The first-order valence-electron chi connectivity index (χ1n) is 7.88. The van der Waals surface area contributed by atoms with Gasteiger partial charge in [0.1, 0.15) is 4.34 Å². The van der Waals surface area contributed by atoms with Gasteiger partial charge in [0.15, 0.2) is 5.96 Å². The van der Waals surface area contributed by atoms with Crippen molar-refractivity contribution < 1.29 is 0 Å². The number of aryl methyl sites for hydroxylation is 1. The van der Waals surface area contributed by atoms with E-state index in [9.17, 15) is 0 Å². The predicted molar refractivity (Wildman–Crippen MR) is 101 cm³/mol. The minimum absolute atomic E-state index is 0.699. The molecule has 0 unspecified atom stereocenters. The van der Waals surface area contributed by atoms with Gasteiger partial charge in [-0.2, -0.15) is 0 Å². The second-order valence-electron chi connectivity index (χ2n) is 5.11. The van der Waals surface area contributed by atoms with Crippen molar-refractivity contribution in [3.63, 3.8) is 0 Å². The quantitative estimate of drug-likeness (QED) is 0.331. The van der Waals surface area contributed by atoms with Crippen LogP contribution in [0.15, 0.2) is 45.2 Å². The molecule has 124 valence electrons. The van der Waals surface area contributed by atoms with Gasteiger partial charge < -0.3 is 10.6 Å². The Morgan fingerprint density at radius 3 is 3.00 bits per heavy atom. The van der Waals surface area contributed by atoms with Crippen LogP contribution >= 0.6 is 23.1 Å². The summed E-state index contributed by atoms with van der Waals surface area (Å²) in [5, 5.41) is 8.70. The van der Waals surface area contributed by atoms with E-state index in [4.69, 9.17) is 0 Å². The molecule has 2 rings (SSSR count). The zero-order valence-corrected chi connectivity index (χ0v) is 15.3. The Labute approximate surface area is 146 Å². The summed E-state index contributed by atoms with van der Waals surface area (Å²) in [6.45, 7) is 6.68. The molecule has 0 aliphatic rings. The Kier molecular flexibility index (Phi) is 7.97. The highest BCUT2D eigenvalue weighted by atomic mass is 32.2. The molecule has 23 heavy (non-hydrogen) atoms. The van der Waals surface area contributed by atoms with Crippen molar-refractivity contribution in [3.8, 4) is 0 Å². The molecule has 0 saturated carbocycles. The maximum absolute atomic E-state index is 4.65. The normalized spacial score (nSPS) is 11.5. The van der Waals surface area contributed by atoms with Gasteiger partial charge in [0.2, 0.25) is 0 Å². The second-order valence-corrected chi connectivity index (χ2v) is 7.35. The summed E-state index contributed by atoms with van der Waals surface area (Å²) in [5.41, 5.74) is 2.51. The smallest absolute Gasteiger partial charge is 0.191 e. The van der Waals surface area contributed by atoms with Gasteiger partial charge in [-0.15, -0.1) is 11.3 Å². The number of nitrogens with one attached hydrogen (secondary N) is 2. The molecule has 0 saturated heterocycles. The van der Waals surface area contributed by atoms with Crippen LogP contribution in [0.3, 0.4) is 0 Å². The van der Waals surface area contributed by atoms with Crippen LogP contribution < -0.4 is 10.6 Å². The summed E-state index contributed by atoms with van der Waals surface area (Å²) in [6, 6.07) is 8.48. The minimum Gasteiger partial charge on any atom is -0.357 e. The first kappa shape index (κ1) is 17.8. The van der Waals surface area contributed by atoms with E-state index in [2.05, 4.69) is 58.7 Å². The summed E-state index contributed by atoms with van der Waals surface area (Å²) in [6.07, 6.45) is 2.94. The highest BCUT2D eigenvalue weighted by molar-refractivity contribution is 8.00. The number of hydrogen-bond donors (Lipinski definition) is 2. The molecular formula is C17H24N4S2. The van der Waals surface area contributed by atoms with Crippen LogP contribution in [-0.2, 0) is 6.54 Å². The van der Waals surface area contributed by atoms with Crippen molar-refractivity contribution in [1.82, 2.24) is 15.6 Å². The van der Waals surface area contributed by atoms with E-state index in [1.807, 2.05) is 23.3 Å². The van der Waals surface area contributed by atoms with Crippen molar-refractivity contribution in [2.75, 3.05) is 18.8 Å². The third-order valence-corrected chi connectivity index (χ3v) is 5.15. The van der Waals surface area contributed by atoms with Gasteiger partial charge in [0, 0.05) is 30.4 Å². The standard InChI is InChI=1S/C17H24N4S2/c1-3-18-16(21-13-15-7-4-6-14(2)12-15)19-8-5-10-22-17-20-9-11-23-17/h4,6-7,9,11-12H,3,5,8,10,13H2,1-2H3,(H2,18,19,21). The lowest BCUT2D eigenvalue weighted by atomic mass is 10.1. The van der Waals surface area contributed by atoms with Crippen molar-refractivity contribution in [2.24, 2.45) is 4.99 Å². The van der Waals surface area contributed by atoms with E-state index in [1.54, 1.807) is 11.3 Å². The van der Waals surface area contributed by atoms with Crippen LogP contribution in [0.5, 0.6) is 0 Å². The fraction of sp³-hybridized carbons (Fsp3) is 0.412. The first-order chi connectivity index (χ1) is 11.3. The average molecular weight is 349 g/mol. The maximum atomic E-state index is 4.65. The average Bonchev–Trinajstić information content (AvgIpc) is 3.05. The zero-order chi connectivity index (χ0) is 16.3. The number of aromatic nitrogens is 1. The van der Waals surface area contributed by atoms with Gasteiger partial charge >= 0.3 is 0 Å². The summed E-state index contributed by atoms with van der Waals surface area (Å²) in [5.74, 6) is 1.95. The van der Waals surface area contributed by atoms with Crippen molar-refractivity contribution in [2.45, 2.75) is 31.2 Å². The molecule has 4 nitrogen and oxygen atoms in total. The summed E-state index contributed by atoms with van der Waals surface area (Å²) >= 11 is 3.51. The lowest BCUT2D eigenvalue weighted by Crippen LogP contribution is -2.37. The predicted octanol–water partition coefficient (Wildman–Crippen LogP) is 3.69. The zero-order valence-electron chi connectivity index (χ0n) is 13.7. The third-order valence-electron chi connectivity index (χ3n) is 3.10. The molecule has 0 spiro atoms. The van der Waals surface area contributed by atoms with Crippen molar-refractivity contribution in [1.29, 1.82) is 0 Å². The molecular weight excluding hydrogens is 324 g/mol. The highest BCUT2D eigenvalue weighted by Crippen LogP contribution is 2.20. The van der Waals surface area contributed by atoms with Gasteiger partial charge in [0.05, 0.1) is 6.54 Å². The lowest BCUT2D eigenvalue weighted by Gasteiger charge is -2.11. The second kappa shape index (κ2) is 10.3. The summed E-state index contributed by atoms with van der Waals surface area (Å²) in [7, 11) is 0. The number of rotatable bonds is 8. The molecule has 0 amide bonds. The first-order valence-corrected chi connectivity index (χ1v) is 9.74. The summed E-state index contributed by atoms with van der Waals surface area (Å²) < 4.78 is 1.14.